The first-order valence-corrected chi connectivity index (χ1v) is 6.24. The Labute approximate surface area is 110 Å². The maximum absolute atomic E-state index is 11.3. The monoisotopic (exact) mass is 261 g/mol. The Balaban J connectivity index is 1.96. The third-order valence-corrected chi connectivity index (χ3v) is 3.31. The van der Waals surface area contributed by atoms with E-state index in [2.05, 4.69) is 9.88 Å². The van der Waals surface area contributed by atoms with E-state index in [0.29, 0.717) is 12.2 Å². The van der Waals surface area contributed by atoms with Crippen LogP contribution in [0.4, 0.5) is 0 Å². The second-order valence-corrected chi connectivity index (χ2v) is 4.55. The summed E-state index contributed by atoms with van der Waals surface area (Å²) in [5.41, 5.74) is 1.82. The Bertz CT molecular complexity index is 602. The van der Waals surface area contributed by atoms with Gasteiger partial charge < -0.3 is 9.84 Å². The summed E-state index contributed by atoms with van der Waals surface area (Å²) in [5.74, 6) is -0.938. The highest BCUT2D eigenvalue weighted by Gasteiger charge is 2.16. The van der Waals surface area contributed by atoms with Gasteiger partial charge in [-0.15, -0.1) is 0 Å². The van der Waals surface area contributed by atoms with Gasteiger partial charge in [0.15, 0.2) is 0 Å². The van der Waals surface area contributed by atoms with E-state index in [1.807, 2.05) is 6.07 Å². The van der Waals surface area contributed by atoms with Gasteiger partial charge >= 0.3 is 5.97 Å². The number of nitrogens with zero attached hydrogens (tertiary/aromatic N) is 3. The fraction of sp³-hybridized carbons (Fsp3) is 0.385. The highest BCUT2D eigenvalue weighted by atomic mass is 16.5. The van der Waals surface area contributed by atoms with Crippen LogP contribution in [0.5, 0.6) is 0 Å². The van der Waals surface area contributed by atoms with Crippen LogP contribution in [0.2, 0.25) is 0 Å². The van der Waals surface area contributed by atoms with E-state index in [-0.39, 0.29) is 5.69 Å². The van der Waals surface area contributed by atoms with Crippen molar-refractivity contribution in [2.24, 2.45) is 0 Å². The Hall–Kier alpha value is -1.92. The number of carbonyl (C=O) groups is 1. The largest absolute Gasteiger partial charge is 0.477 e. The van der Waals surface area contributed by atoms with Gasteiger partial charge in [0.05, 0.1) is 25.1 Å². The number of hydrogen-bond donors (Lipinski definition) is 1. The summed E-state index contributed by atoms with van der Waals surface area (Å²) in [6.07, 6.45) is 1.75. The molecule has 2 aromatic rings. The predicted octanol–water partition coefficient (Wildman–Crippen LogP) is 0.865. The second-order valence-electron chi connectivity index (χ2n) is 4.55. The molecule has 0 radical (unpaired) electrons. The maximum atomic E-state index is 11.3. The molecule has 0 spiro atoms. The van der Waals surface area contributed by atoms with Crippen LogP contribution in [-0.2, 0) is 11.3 Å². The number of carboxylic acid groups (broad SMARTS) is 1. The first kappa shape index (κ1) is 12.1. The van der Waals surface area contributed by atoms with Crippen molar-refractivity contribution in [3.63, 3.8) is 0 Å². The van der Waals surface area contributed by atoms with E-state index in [1.54, 1.807) is 22.7 Å². The Morgan fingerprint density at radius 3 is 2.89 bits per heavy atom. The first-order chi connectivity index (χ1) is 9.25. The summed E-state index contributed by atoms with van der Waals surface area (Å²) >= 11 is 0. The quantitative estimate of drug-likeness (QED) is 0.887. The second kappa shape index (κ2) is 4.99. The zero-order valence-electron chi connectivity index (χ0n) is 10.5. The molecule has 100 valence electrons. The molecule has 0 aliphatic carbocycles. The number of imidazole rings is 1. The number of morpholine rings is 1. The molecule has 0 unspecified atom stereocenters. The lowest BCUT2D eigenvalue weighted by Crippen LogP contribution is -2.36. The van der Waals surface area contributed by atoms with Crippen LogP contribution in [0, 0.1) is 0 Å². The minimum absolute atomic E-state index is 0.248. The average Bonchev–Trinajstić information content (AvgIpc) is 2.83. The molecule has 1 fully saturated rings. The van der Waals surface area contributed by atoms with Crippen molar-refractivity contribution in [2.75, 3.05) is 26.3 Å². The molecule has 0 atom stereocenters. The number of ether oxygens (including phenoxy) is 1. The van der Waals surface area contributed by atoms with Crippen LogP contribution in [-0.4, -0.2) is 51.7 Å². The molecule has 3 rings (SSSR count). The highest BCUT2D eigenvalue weighted by molar-refractivity contribution is 5.86. The van der Waals surface area contributed by atoms with Crippen molar-refractivity contribution in [1.82, 2.24) is 14.3 Å². The van der Waals surface area contributed by atoms with Crippen molar-refractivity contribution in [3.05, 3.63) is 35.8 Å². The van der Waals surface area contributed by atoms with Crippen molar-refractivity contribution >= 4 is 11.6 Å². The number of aromatic carboxylic acids is 1. The summed E-state index contributed by atoms with van der Waals surface area (Å²) in [6.45, 7) is 3.87. The fourth-order valence-corrected chi connectivity index (χ4v) is 2.37. The zero-order chi connectivity index (χ0) is 13.2. The number of rotatable bonds is 3. The average molecular weight is 261 g/mol. The van der Waals surface area contributed by atoms with E-state index in [9.17, 15) is 9.90 Å². The fourth-order valence-electron chi connectivity index (χ4n) is 2.37. The van der Waals surface area contributed by atoms with Gasteiger partial charge in [-0.2, -0.15) is 0 Å². The number of hydrogen-bond acceptors (Lipinski definition) is 4. The summed E-state index contributed by atoms with van der Waals surface area (Å²) in [7, 11) is 0. The molecule has 6 heteroatoms. The lowest BCUT2D eigenvalue weighted by atomic mass is 10.3. The van der Waals surface area contributed by atoms with Gasteiger partial charge in [-0.05, 0) is 12.1 Å². The third-order valence-electron chi connectivity index (χ3n) is 3.31. The molecular weight excluding hydrogens is 246 g/mol. The van der Waals surface area contributed by atoms with Gasteiger partial charge in [0.1, 0.15) is 11.3 Å². The molecule has 2 aromatic heterocycles. The topological polar surface area (TPSA) is 67.1 Å². The van der Waals surface area contributed by atoms with Crippen LogP contribution in [0.25, 0.3) is 5.65 Å². The first-order valence-electron chi connectivity index (χ1n) is 6.24. The minimum Gasteiger partial charge on any atom is -0.477 e. The lowest BCUT2D eigenvalue weighted by Gasteiger charge is -2.26. The molecule has 0 amide bonds. The predicted molar refractivity (Wildman–Crippen MR) is 68.2 cm³/mol. The normalized spacial score (nSPS) is 16.8. The van der Waals surface area contributed by atoms with E-state index < -0.39 is 5.97 Å². The lowest BCUT2D eigenvalue weighted by molar-refractivity contribution is 0.0334. The van der Waals surface area contributed by atoms with Gasteiger partial charge in [0.2, 0.25) is 0 Å². The number of pyridine rings is 1. The standard InChI is InChI=1S/C13H15N3O3/c17-13(18)11-2-1-3-12-14-8-10(16(11)12)9-15-4-6-19-7-5-15/h1-3,8H,4-7,9H2,(H,17,18). The SMILES string of the molecule is O=C(O)c1cccc2ncc(CN3CCOCC3)n12. The van der Waals surface area contributed by atoms with Crippen molar-refractivity contribution in [2.45, 2.75) is 6.54 Å². The number of aromatic nitrogens is 2. The summed E-state index contributed by atoms with van der Waals surface area (Å²) < 4.78 is 7.02. The zero-order valence-corrected chi connectivity index (χ0v) is 10.5. The summed E-state index contributed by atoms with van der Waals surface area (Å²) in [4.78, 5) is 17.8. The Morgan fingerprint density at radius 2 is 2.16 bits per heavy atom. The van der Waals surface area contributed by atoms with Gasteiger partial charge in [-0.3, -0.25) is 9.30 Å². The van der Waals surface area contributed by atoms with Crippen LogP contribution in [0.1, 0.15) is 16.2 Å². The van der Waals surface area contributed by atoms with E-state index in [4.69, 9.17) is 4.74 Å². The van der Waals surface area contributed by atoms with Crippen molar-refractivity contribution in [3.8, 4) is 0 Å². The summed E-state index contributed by atoms with van der Waals surface area (Å²) in [6, 6.07) is 5.12. The maximum Gasteiger partial charge on any atom is 0.352 e. The molecule has 1 aliphatic rings. The van der Waals surface area contributed by atoms with Crippen molar-refractivity contribution < 1.29 is 14.6 Å². The van der Waals surface area contributed by atoms with Gasteiger partial charge in [0.25, 0.3) is 0 Å². The van der Waals surface area contributed by atoms with Gasteiger partial charge in [-0.1, -0.05) is 6.07 Å². The molecule has 0 bridgehead atoms. The molecule has 1 aliphatic heterocycles. The Kier molecular flexibility index (Phi) is 3.18. The van der Waals surface area contributed by atoms with Crippen molar-refractivity contribution in [1.29, 1.82) is 0 Å². The minimum atomic E-state index is -0.938. The number of carboxylic acids is 1. The van der Waals surface area contributed by atoms with Gasteiger partial charge in [-0.25, -0.2) is 9.78 Å². The Morgan fingerprint density at radius 1 is 1.37 bits per heavy atom. The molecule has 1 N–H and O–H groups in total. The smallest absolute Gasteiger partial charge is 0.352 e. The molecule has 0 aromatic carbocycles. The van der Waals surface area contributed by atoms with E-state index in [1.165, 1.54) is 0 Å². The van der Waals surface area contributed by atoms with Crippen LogP contribution in [0.15, 0.2) is 24.4 Å². The van der Waals surface area contributed by atoms with Crippen LogP contribution in [0.3, 0.4) is 0 Å². The van der Waals surface area contributed by atoms with Gasteiger partial charge in [0, 0.05) is 19.6 Å². The molecule has 19 heavy (non-hydrogen) atoms. The highest BCUT2D eigenvalue weighted by Crippen LogP contribution is 2.13. The summed E-state index contributed by atoms with van der Waals surface area (Å²) in [5, 5.41) is 9.25. The molecule has 1 saturated heterocycles. The van der Waals surface area contributed by atoms with E-state index in [0.717, 1.165) is 32.0 Å². The van der Waals surface area contributed by atoms with E-state index >= 15 is 0 Å². The molecule has 0 saturated carbocycles. The van der Waals surface area contributed by atoms with Crippen LogP contribution < -0.4 is 0 Å². The third kappa shape index (κ3) is 2.32. The van der Waals surface area contributed by atoms with Crippen LogP contribution >= 0.6 is 0 Å². The molecule has 6 nitrogen and oxygen atoms in total. The number of fused-ring (bicyclic) bond motifs is 1. The molecule has 3 heterocycles. The molecular formula is C13H15N3O3.